The number of nitrogens with one attached hydrogen (secondary N) is 1. The topological polar surface area (TPSA) is 92.8 Å². The van der Waals surface area contributed by atoms with E-state index in [1.165, 1.54) is 0 Å². The van der Waals surface area contributed by atoms with Gasteiger partial charge in [-0.25, -0.2) is 0 Å². The van der Waals surface area contributed by atoms with Crippen LogP contribution in [-0.2, 0) is 20.9 Å². The summed E-state index contributed by atoms with van der Waals surface area (Å²) < 4.78 is 5.00. The molecule has 0 saturated heterocycles. The molecule has 0 spiro atoms. The van der Waals surface area contributed by atoms with Gasteiger partial charge in [-0.05, 0) is 29.5 Å². The first kappa shape index (κ1) is 21.2. The molecule has 0 aliphatic carbocycles. The van der Waals surface area contributed by atoms with E-state index in [4.69, 9.17) is 4.74 Å². The van der Waals surface area contributed by atoms with Crippen molar-refractivity contribution in [3.05, 3.63) is 83.4 Å². The number of esters is 1. The summed E-state index contributed by atoms with van der Waals surface area (Å²) in [4.78, 5) is 50.7. The number of benzene rings is 3. The number of carbonyl (C=O) groups is 4. The SMILES string of the molecule is O=C(COC(=O)CCCN1C(=O)c2cccc3cccc(c23)C1=O)NCc1ccccc1. The van der Waals surface area contributed by atoms with Gasteiger partial charge in [-0.1, -0.05) is 54.6 Å². The zero-order valence-corrected chi connectivity index (χ0v) is 17.4. The fraction of sp³-hybridized carbons (Fsp3) is 0.200. The van der Waals surface area contributed by atoms with Crippen molar-refractivity contribution in [2.24, 2.45) is 0 Å². The molecule has 0 atom stereocenters. The maximum absolute atomic E-state index is 12.8. The second-order valence-electron chi connectivity index (χ2n) is 7.50. The molecule has 3 amide bonds. The van der Waals surface area contributed by atoms with E-state index in [-0.39, 0.29) is 37.8 Å². The first-order valence-electron chi connectivity index (χ1n) is 10.4. The summed E-state index contributed by atoms with van der Waals surface area (Å²) in [5.41, 5.74) is 1.91. The van der Waals surface area contributed by atoms with Gasteiger partial charge in [-0.2, -0.15) is 0 Å². The Morgan fingerprint density at radius 2 is 1.50 bits per heavy atom. The van der Waals surface area contributed by atoms with Crippen LogP contribution < -0.4 is 5.32 Å². The van der Waals surface area contributed by atoms with Crippen LogP contribution >= 0.6 is 0 Å². The van der Waals surface area contributed by atoms with Crippen molar-refractivity contribution < 1.29 is 23.9 Å². The second-order valence-corrected chi connectivity index (χ2v) is 7.50. The van der Waals surface area contributed by atoms with Crippen molar-refractivity contribution in [2.45, 2.75) is 19.4 Å². The van der Waals surface area contributed by atoms with Gasteiger partial charge in [0, 0.05) is 36.0 Å². The number of ether oxygens (including phenoxy) is 1. The van der Waals surface area contributed by atoms with Gasteiger partial charge in [-0.15, -0.1) is 0 Å². The zero-order chi connectivity index (χ0) is 22.5. The third kappa shape index (κ3) is 4.51. The van der Waals surface area contributed by atoms with Gasteiger partial charge >= 0.3 is 5.97 Å². The molecule has 0 unspecified atom stereocenters. The maximum Gasteiger partial charge on any atom is 0.306 e. The van der Waals surface area contributed by atoms with Crippen LogP contribution in [0, 0.1) is 0 Å². The monoisotopic (exact) mass is 430 g/mol. The molecule has 1 aliphatic heterocycles. The molecule has 7 heteroatoms. The molecular weight excluding hydrogens is 408 g/mol. The van der Waals surface area contributed by atoms with E-state index < -0.39 is 11.9 Å². The molecule has 1 heterocycles. The van der Waals surface area contributed by atoms with E-state index in [0.29, 0.717) is 23.1 Å². The van der Waals surface area contributed by atoms with Crippen LogP contribution in [0.15, 0.2) is 66.7 Å². The average molecular weight is 430 g/mol. The molecule has 3 aromatic carbocycles. The Bertz CT molecular complexity index is 1140. The predicted molar refractivity (Wildman–Crippen MR) is 118 cm³/mol. The average Bonchev–Trinajstić information content (AvgIpc) is 2.82. The van der Waals surface area contributed by atoms with Crippen LogP contribution in [0.1, 0.15) is 39.1 Å². The van der Waals surface area contributed by atoms with Crippen molar-refractivity contribution in [2.75, 3.05) is 13.2 Å². The minimum atomic E-state index is -0.556. The highest BCUT2D eigenvalue weighted by molar-refractivity contribution is 6.25. The third-order valence-electron chi connectivity index (χ3n) is 5.32. The fourth-order valence-corrected chi connectivity index (χ4v) is 3.73. The number of rotatable bonds is 8. The van der Waals surface area contributed by atoms with Gasteiger partial charge in [0.05, 0.1) is 0 Å². The maximum atomic E-state index is 12.8. The number of nitrogens with zero attached hydrogens (tertiary/aromatic N) is 1. The summed E-state index contributed by atoms with van der Waals surface area (Å²) in [7, 11) is 0. The second kappa shape index (κ2) is 9.43. The van der Waals surface area contributed by atoms with Crippen LogP contribution in [0.2, 0.25) is 0 Å². The van der Waals surface area contributed by atoms with E-state index >= 15 is 0 Å². The molecule has 7 nitrogen and oxygen atoms in total. The quantitative estimate of drug-likeness (QED) is 0.438. The summed E-state index contributed by atoms with van der Waals surface area (Å²) in [6.45, 7) is 0.0743. The van der Waals surface area contributed by atoms with Gasteiger partial charge in [0.2, 0.25) is 0 Å². The molecule has 4 rings (SSSR count). The van der Waals surface area contributed by atoms with E-state index in [0.717, 1.165) is 15.8 Å². The van der Waals surface area contributed by atoms with Crippen molar-refractivity contribution in [3.8, 4) is 0 Å². The lowest BCUT2D eigenvalue weighted by molar-refractivity contribution is -0.148. The minimum absolute atomic E-state index is 0.00509. The van der Waals surface area contributed by atoms with Crippen molar-refractivity contribution in [1.82, 2.24) is 10.2 Å². The Balaban J connectivity index is 1.25. The largest absolute Gasteiger partial charge is 0.456 e. The highest BCUT2D eigenvalue weighted by atomic mass is 16.5. The lowest BCUT2D eigenvalue weighted by atomic mass is 9.94. The fourth-order valence-electron chi connectivity index (χ4n) is 3.73. The van der Waals surface area contributed by atoms with Crippen LogP contribution in [0.5, 0.6) is 0 Å². The normalized spacial score (nSPS) is 12.7. The summed E-state index contributed by atoms with van der Waals surface area (Å²) >= 11 is 0. The summed E-state index contributed by atoms with van der Waals surface area (Å²) in [6, 6.07) is 20.1. The van der Waals surface area contributed by atoms with E-state index in [1.54, 1.807) is 24.3 Å². The van der Waals surface area contributed by atoms with Gasteiger partial charge in [0.1, 0.15) is 0 Å². The first-order valence-corrected chi connectivity index (χ1v) is 10.4. The lowest BCUT2D eigenvalue weighted by Crippen LogP contribution is -2.41. The third-order valence-corrected chi connectivity index (χ3v) is 5.32. The van der Waals surface area contributed by atoms with E-state index in [9.17, 15) is 19.2 Å². The molecule has 3 aromatic rings. The molecule has 1 aliphatic rings. The molecular formula is C25H22N2O5. The number of carbonyl (C=O) groups excluding carboxylic acids is 4. The van der Waals surface area contributed by atoms with Crippen LogP contribution in [0.3, 0.4) is 0 Å². The predicted octanol–water partition coefficient (Wildman–Crippen LogP) is 3.08. The zero-order valence-electron chi connectivity index (χ0n) is 17.4. The molecule has 0 bridgehead atoms. The first-order chi connectivity index (χ1) is 15.5. The van der Waals surface area contributed by atoms with Crippen molar-refractivity contribution in [1.29, 1.82) is 0 Å². The number of amides is 3. The van der Waals surface area contributed by atoms with Gasteiger partial charge in [-0.3, -0.25) is 24.1 Å². The summed E-state index contributed by atoms with van der Waals surface area (Å²) in [5.74, 6) is -1.69. The highest BCUT2D eigenvalue weighted by Crippen LogP contribution is 2.30. The number of hydrogen-bond acceptors (Lipinski definition) is 5. The summed E-state index contributed by atoms with van der Waals surface area (Å²) in [6.07, 6.45) is 0.245. The van der Waals surface area contributed by atoms with Gasteiger partial charge in [0.25, 0.3) is 17.7 Å². The Hall–Kier alpha value is -4.00. The number of hydrogen-bond donors (Lipinski definition) is 1. The highest BCUT2D eigenvalue weighted by Gasteiger charge is 2.32. The molecule has 162 valence electrons. The Morgan fingerprint density at radius 1 is 0.844 bits per heavy atom. The van der Waals surface area contributed by atoms with Gasteiger partial charge in [0.15, 0.2) is 6.61 Å². The van der Waals surface area contributed by atoms with Crippen LogP contribution in [0.4, 0.5) is 0 Å². The van der Waals surface area contributed by atoms with E-state index in [2.05, 4.69) is 5.32 Å². The number of imide groups is 1. The Morgan fingerprint density at radius 3 is 2.16 bits per heavy atom. The van der Waals surface area contributed by atoms with Crippen LogP contribution in [0.25, 0.3) is 10.8 Å². The molecule has 32 heavy (non-hydrogen) atoms. The Labute approximate surface area is 185 Å². The van der Waals surface area contributed by atoms with Gasteiger partial charge < -0.3 is 10.1 Å². The standard InChI is InChI=1S/C25H22N2O5/c28-21(26-15-17-7-2-1-3-8-17)16-32-22(29)13-6-14-27-24(30)19-11-4-9-18-10-5-12-20(23(18)19)25(27)31/h1-5,7-12H,6,13-16H2,(H,26,28). The Kier molecular flexibility index (Phi) is 6.26. The smallest absolute Gasteiger partial charge is 0.306 e. The molecule has 0 fully saturated rings. The van der Waals surface area contributed by atoms with Crippen molar-refractivity contribution >= 4 is 34.5 Å². The molecule has 0 aromatic heterocycles. The molecule has 0 saturated carbocycles. The minimum Gasteiger partial charge on any atom is -0.456 e. The van der Waals surface area contributed by atoms with Crippen LogP contribution in [-0.4, -0.2) is 41.7 Å². The molecule has 1 N–H and O–H groups in total. The summed E-state index contributed by atoms with van der Waals surface area (Å²) in [5, 5.41) is 4.19. The molecule has 0 radical (unpaired) electrons. The van der Waals surface area contributed by atoms with E-state index in [1.807, 2.05) is 42.5 Å². The lowest BCUT2D eigenvalue weighted by Gasteiger charge is -2.27. The van der Waals surface area contributed by atoms with Crippen molar-refractivity contribution in [3.63, 3.8) is 0 Å².